The lowest BCUT2D eigenvalue weighted by Gasteiger charge is -2.45. The Bertz CT molecular complexity index is 264. The zero-order chi connectivity index (χ0) is 16.4. The van der Waals surface area contributed by atoms with Gasteiger partial charge in [0.25, 0.3) is 0 Å². The maximum Gasteiger partial charge on any atom is 0.506 e. The molecule has 1 rings (SSSR count). The van der Waals surface area contributed by atoms with Crippen LogP contribution in [0.25, 0.3) is 0 Å². The van der Waals surface area contributed by atoms with E-state index in [4.69, 9.17) is 13.3 Å². The molecule has 0 spiro atoms. The van der Waals surface area contributed by atoms with E-state index >= 15 is 0 Å². The molecule has 0 unspecified atom stereocenters. The van der Waals surface area contributed by atoms with Gasteiger partial charge in [-0.15, -0.1) is 0 Å². The molecule has 1 saturated heterocycles. The van der Waals surface area contributed by atoms with E-state index in [2.05, 4.69) is 23.6 Å². The van der Waals surface area contributed by atoms with Crippen molar-refractivity contribution in [1.29, 1.82) is 0 Å². The Morgan fingerprint density at radius 2 is 1.18 bits per heavy atom. The molecule has 6 heteroatoms. The van der Waals surface area contributed by atoms with E-state index in [0.29, 0.717) is 25.4 Å². The first-order valence-corrected chi connectivity index (χ1v) is 10.8. The van der Waals surface area contributed by atoms with E-state index in [1.807, 2.05) is 20.8 Å². The lowest BCUT2D eigenvalue weighted by molar-refractivity contribution is 0.0209. The van der Waals surface area contributed by atoms with Gasteiger partial charge in [0, 0.05) is 32.9 Å². The van der Waals surface area contributed by atoms with Gasteiger partial charge in [0.2, 0.25) is 0 Å². The average Bonchev–Trinajstić information content (AvgIpc) is 2.48. The molecule has 0 N–H and O–H groups in total. The van der Waals surface area contributed by atoms with Gasteiger partial charge in [-0.05, 0) is 46.7 Å². The molecule has 22 heavy (non-hydrogen) atoms. The number of nitrogens with zero attached hydrogens (tertiary/aromatic N) is 2. The Hall–Kier alpha value is 0.0169. The van der Waals surface area contributed by atoms with Gasteiger partial charge in [-0.25, -0.2) is 0 Å². The van der Waals surface area contributed by atoms with Gasteiger partial charge in [-0.1, -0.05) is 13.8 Å². The maximum atomic E-state index is 6.14. The van der Waals surface area contributed by atoms with Crippen LogP contribution in [0.3, 0.4) is 0 Å². The van der Waals surface area contributed by atoms with E-state index in [1.54, 1.807) is 0 Å². The van der Waals surface area contributed by atoms with Crippen molar-refractivity contribution in [1.82, 2.24) is 9.80 Å². The van der Waals surface area contributed by atoms with Crippen LogP contribution in [0.1, 0.15) is 47.5 Å². The summed E-state index contributed by atoms with van der Waals surface area (Å²) >= 11 is 0. The quantitative estimate of drug-likeness (QED) is 0.544. The summed E-state index contributed by atoms with van der Waals surface area (Å²) in [6, 6.07) is 0. The molecule has 0 aliphatic carbocycles. The van der Waals surface area contributed by atoms with Crippen molar-refractivity contribution in [2.75, 3.05) is 52.7 Å². The minimum atomic E-state index is -2.62. The summed E-state index contributed by atoms with van der Waals surface area (Å²) in [5, 5.41) is 0. The molecular weight excluding hydrogens is 296 g/mol. The Labute approximate surface area is 138 Å². The highest BCUT2D eigenvalue weighted by Gasteiger charge is 2.51. The zero-order valence-corrected chi connectivity index (χ0v) is 16.3. The molecule has 1 aliphatic heterocycles. The van der Waals surface area contributed by atoms with E-state index in [0.717, 1.165) is 32.8 Å². The van der Waals surface area contributed by atoms with Crippen LogP contribution in [-0.4, -0.2) is 71.3 Å². The number of rotatable bonds is 11. The van der Waals surface area contributed by atoms with Crippen LogP contribution in [0.2, 0.25) is 5.54 Å². The summed E-state index contributed by atoms with van der Waals surface area (Å²) < 4.78 is 18.4. The molecule has 0 saturated carbocycles. The normalized spacial score (nSPS) is 19.0. The van der Waals surface area contributed by atoms with Gasteiger partial charge >= 0.3 is 8.80 Å². The van der Waals surface area contributed by atoms with Gasteiger partial charge in [0.15, 0.2) is 0 Å². The first-order chi connectivity index (χ1) is 10.7. The molecule has 1 fully saturated rings. The molecule has 0 radical (unpaired) electrons. The van der Waals surface area contributed by atoms with Crippen LogP contribution in [0, 0.1) is 0 Å². The van der Waals surface area contributed by atoms with Crippen molar-refractivity contribution in [3.05, 3.63) is 0 Å². The van der Waals surface area contributed by atoms with Gasteiger partial charge < -0.3 is 13.3 Å². The minimum absolute atomic E-state index is 0.346. The second kappa shape index (κ2) is 10.7. The summed E-state index contributed by atoms with van der Waals surface area (Å²) in [4.78, 5) is 5.06. The van der Waals surface area contributed by atoms with Gasteiger partial charge in [-0.3, -0.25) is 9.80 Å². The number of hydrogen-bond acceptors (Lipinski definition) is 5. The first-order valence-electron chi connectivity index (χ1n) is 9.02. The van der Waals surface area contributed by atoms with Crippen molar-refractivity contribution < 1.29 is 13.3 Å². The van der Waals surface area contributed by atoms with E-state index in [9.17, 15) is 0 Å². The van der Waals surface area contributed by atoms with Crippen molar-refractivity contribution in [3.8, 4) is 0 Å². The van der Waals surface area contributed by atoms with E-state index < -0.39 is 8.80 Å². The number of hydrogen-bond donors (Lipinski definition) is 0. The van der Waals surface area contributed by atoms with Crippen LogP contribution in [-0.2, 0) is 13.3 Å². The summed E-state index contributed by atoms with van der Waals surface area (Å²) in [5.41, 5.74) is 0.346. The molecule has 0 amide bonds. The highest BCUT2D eigenvalue weighted by molar-refractivity contribution is 6.62. The van der Waals surface area contributed by atoms with Crippen molar-refractivity contribution in [3.63, 3.8) is 0 Å². The fourth-order valence-electron chi connectivity index (χ4n) is 3.34. The summed E-state index contributed by atoms with van der Waals surface area (Å²) in [5.74, 6) is 0. The second-order valence-electron chi connectivity index (χ2n) is 5.89. The molecular formula is C16H36N2O3Si. The maximum absolute atomic E-state index is 6.14. The third-order valence-electron chi connectivity index (χ3n) is 3.97. The lowest BCUT2D eigenvalue weighted by Crippen LogP contribution is -2.60. The predicted molar refractivity (Wildman–Crippen MR) is 93.0 cm³/mol. The fourth-order valence-corrected chi connectivity index (χ4v) is 6.47. The molecule has 0 aromatic heterocycles. The van der Waals surface area contributed by atoms with Crippen molar-refractivity contribution in [2.24, 2.45) is 0 Å². The van der Waals surface area contributed by atoms with Crippen LogP contribution in [0.4, 0.5) is 0 Å². The van der Waals surface area contributed by atoms with Gasteiger partial charge in [0.05, 0.1) is 12.2 Å². The van der Waals surface area contributed by atoms with Crippen LogP contribution < -0.4 is 0 Å². The summed E-state index contributed by atoms with van der Waals surface area (Å²) in [6.07, 6.45) is 2.36. The Kier molecular flexibility index (Phi) is 9.78. The van der Waals surface area contributed by atoms with Crippen molar-refractivity contribution >= 4 is 8.80 Å². The molecule has 132 valence electrons. The monoisotopic (exact) mass is 332 g/mol. The first kappa shape index (κ1) is 20.1. The molecule has 5 nitrogen and oxygen atoms in total. The molecule has 1 aliphatic rings. The predicted octanol–water partition coefficient (Wildman–Crippen LogP) is 2.80. The lowest BCUT2D eigenvalue weighted by atomic mass is 10.2. The summed E-state index contributed by atoms with van der Waals surface area (Å²) in [6.45, 7) is 17.9. The zero-order valence-electron chi connectivity index (χ0n) is 15.3. The average molecular weight is 333 g/mol. The Balaban J connectivity index is 2.92. The van der Waals surface area contributed by atoms with Gasteiger partial charge in [-0.2, -0.15) is 0 Å². The fraction of sp³-hybridized carbons (Fsp3) is 1.00. The molecule has 0 aromatic rings. The third-order valence-corrected chi connectivity index (χ3v) is 7.41. The SMILES string of the molecule is CCCN1CC([Si](OCC)(OCC)OCC)CN(CCC)C1. The topological polar surface area (TPSA) is 34.2 Å². The van der Waals surface area contributed by atoms with Crippen LogP contribution >= 0.6 is 0 Å². The van der Waals surface area contributed by atoms with Crippen LogP contribution in [0.15, 0.2) is 0 Å². The highest BCUT2D eigenvalue weighted by Crippen LogP contribution is 2.31. The van der Waals surface area contributed by atoms with Gasteiger partial charge in [0.1, 0.15) is 0 Å². The standard InChI is InChI=1S/C16H36N2O3Si/c1-6-11-17-13-16(14-18(15-17)12-7-2)22(19-8-3,20-9-4)21-10-5/h16H,6-15H2,1-5H3. The summed E-state index contributed by atoms with van der Waals surface area (Å²) in [7, 11) is -2.62. The Morgan fingerprint density at radius 1 is 0.773 bits per heavy atom. The Morgan fingerprint density at radius 3 is 1.50 bits per heavy atom. The minimum Gasteiger partial charge on any atom is -0.374 e. The van der Waals surface area contributed by atoms with E-state index in [-0.39, 0.29) is 0 Å². The molecule has 1 heterocycles. The third kappa shape index (κ3) is 5.58. The highest BCUT2D eigenvalue weighted by atomic mass is 28.4. The molecule has 0 atom stereocenters. The molecule has 0 aromatic carbocycles. The molecule has 0 bridgehead atoms. The van der Waals surface area contributed by atoms with Crippen molar-refractivity contribution in [2.45, 2.75) is 53.0 Å². The van der Waals surface area contributed by atoms with E-state index in [1.165, 1.54) is 12.8 Å². The second-order valence-corrected chi connectivity index (χ2v) is 8.78. The van der Waals surface area contributed by atoms with Crippen LogP contribution in [0.5, 0.6) is 0 Å². The largest absolute Gasteiger partial charge is 0.506 e. The smallest absolute Gasteiger partial charge is 0.374 e.